The van der Waals surface area contributed by atoms with Crippen LogP contribution in [0.1, 0.15) is 0 Å². The Bertz CT molecular complexity index is 286. The van der Waals surface area contributed by atoms with E-state index in [0.29, 0.717) is 0 Å². The molecule has 1 aromatic heterocycles. The van der Waals surface area contributed by atoms with Crippen LogP contribution < -0.4 is 0 Å². The van der Waals surface area contributed by atoms with E-state index in [-0.39, 0.29) is 13.5 Å². The number of aromatic amines is 1. The van der Waals surface area contributed by atoms with Crippen molar-refractivity contribution in [2.75, 3.05) is 0 Å². The lowest BCUT2D eigenvalue weighted by Gasteiger charge is -1.81. The normalized spacial score (nSPS) is 9.20. The van der Waals surface area contributed by atoms with Gasteiger partial charge in [-0.2, -0.15) is 13.5 Å². The fourth-order valence-corrected chi connectivity index (χ4v) is 0.880. The molecular formula is C7H8N2S. The first-order valence-electron chi connectivity index (χ1n) is 2.85. The van der Waals surface area contributed by atoms with Crippen LogP contribution in [0.25, 0.3) is 11.0 Å². The molecule has 0 saturated carbocycles. The lowest BCUT2D eigenvalue weighted by atomic mass is 10.3. The van der Waals surface area contributed by atoms with Crippen LogP contribution in [0.5, 0.6) is 0 Å². The van der Waals surface area contributed by atoms with Gasteiger partial charge in [0.15, 0.2) is 0 Å². The lowest BCUT2D eigenvalue weighted by molar-refractivity contribution is 1.34. The van der Waals surface area contributed by atoms with E-state index in [0.717, 1.165) is 11.0 Å². The summed E-state index contributed by atoms with van der Waals surface area (Å²) >= 11 is 0. The Morgan fingerprint density at radius 3 is 2.80 bits per heavy atom. The average Bonchev–Trinajstić information content (AvgIpc) is 2.33. The van der Waals surface area contributed by atoms with Crippen LogP contribution in [-0.2, 0) is 0 Å². The highest BCUT2D eigenvalue weighted by molar-refractivity contribution is 7.59. The highest BCUT2D eigenvalue weighted by Gasteiger charge is 1.88. The molecule has 10 heavy (non-hydrogen) atoms. The Labute approximate surface area is 65.7 Å². The SMILES string of the molecule is S.c1ccc2[nH]cnc2c1. The number of aromatic nitrogens is 2. The van der Waals surface area contributed by atoms with E-state index in [1.165, 1.54) is 0 Å². The van der Waals surface area contributed by atoms with E-state index >= 15 is 0 Å². The monoisotopic (exact) mass is 152 g/mol. The van der Waals surface area contributed by atoms with E-state index in [9.17, 15) is 0 Å². The number of fused-ring (bicyclic) bond motifs is 1. The number of hydrogen-bond donors (Lipinski definition) is 1. The smallest absolute Gasteiger partial charge is 0.0931 e. The highest BCUT2D eigenvalue weighted by Crippen LogP contribution is 2.05. The zero-order valence-corrected chi connectivity index (χ0v) is 6.33. The number of nitrogens with one attached hydrogen (secondary N) is 1. The van der Waals surface area contributed by atoms with Gasteiger partial charge in [-0.15, -0.1) is 0 Å². The first-order valence-corrected chi connectivity index (χ1v) is 2.85. The minimum atomic E-state index is 0. The van der Waals surface area contributed by atoms with Crippen molar-refractivity contribution in [1.29, 1.82) is 0 Å². The van der Waals surface area contributed by atoms with Gasteiger partial charge < -0.3 is 4.98 Å². The van der Waals surface area contributed by atoms with Crippen molar-refractivity contribution in [2.45, 2.75) is 0 Å². The van der Waals surface area contributed by atoms with Crippen molar-refractivity contribution in [2.24, 2.45) is 0 Å². The van der Waals surface area contributed by atoms with Gasteiger partial charge in [-0.05, 0) is 12.1 Å². The molecule has 0 atom stereocenters. The number of benzene rings is 1. The Morgan fingerprint density at radius 2 is 2.00 bits per heavy atom. The summed E-state index contributed by atoms with van der Waals surface area (Å²) in [5, 5.41) is 0. The van der Waals surface area contributed by atoms with Gasteiger partial charge in [0.05, 0.1) is 17.4 Å². The van der Waals surface area contributed by atoms with Gasteiger partial charge in [0, 0.05) is 0 Å². The molecule has 52 valence electrons. The maximum Gasteiger partial charge on any atom is 0.0931 e. The van der Waals surface area contributed by atoms with Gasteiger partial charge >= 0.3 is 0 Å². The van der Waals surface area contributed by atoms with Crippen molar-refractivity contribution < 1.29 is 0 Å². The van der Waals surface area contributed by atoms with Gasteiger partial charge in [-0.25, -0.2) is 4.98 Å². The third kappa shape index (κ3) is 0.998. The Balaban J connectivity index is 0.000000500. The Kier molecular flexibility index (Phi) is 1.97. The van der Waals surface area contributed by atoms with Crippen LogP contribution in [0.3, 0.4) is 0 Å². The molecule has 0 amide bonds. The molecule has 2 rings (SSSR count). The fraction of sp³-hybridized carbons (Fsp3) is 0. The Morgan fingerprint density at radius 1 is 1.20 bits per heavy atom. The second kappa shape index (κ2) is 2.75. The number of hydrogen-bond acceptors (Lipinski definition) is 1. The second-order valence-corrected chi connectivity index (χ2v) is 1.92. The number of rotatable bonds is 0. The number of nitrogens with zero attached hydrogens (tertiary/aromatic N) is 1. The van der Waals surface area contributed by atoms with Gasteiger partial charge in [-0.1, -0.05) is 12.1 Å². The molecule has 0 unspecified atom stereocenters. The third-order valence-corrected chi connectivity index (χ3v) is 1.33. The summed E-state index contributed by atoms with van der Waals surface area (Å²) in [6.45, 7) is 0. The molecule has 2 nitrogen and oxygen atoms in total. The molecule has 0 radical (unpaired) electrons. The zero-order valence-electron chi connectivity index (χ0n) is 5.33. The molecule has 1 aromatic carbocycles. The predicted molar refractivity (Wildman–Crippen MR) is 46.5 cm³/mol. The summed E-state index contributed by atoms with van der Waals surface area (Å²) in [7, 11) is 0. The maximum absolute atomic E-state index is 4.06. The molecule has 0 aliphatic heterocycles. The first-order chi connectivity index (χ1) is 4.47. The minimum Gasteiger partial charge on any atom is -0.345 e. The molecule has 3 heteroatoms. The molecule has 0 fully saturated rings. The van der Waals surface area contributed by atoms with Crippen LogP contribution >= 0.6 is 13.5 Å². The quantitative estimate of drug-likeness (QED) is 0.611. The molecule has 2 aromatic rings. The molecule has 1 heterocycles. The van der Waals surface area contributed by atoms with E-state index in [2.05, 4.69) is 9.97 Å². The van der Waals surface area contributed by atoms with E-state index in [1.807, 2.05) is 24.3 Å². The van der Waals surface area contributed by atoms with Crippen molar-refractivity contribution in [1.82, 2.24) is 9.97 Å². The van der Waals surface area contributed by atoms with Crippen molar-refractivity contribution in [3.8, 4) is 0 Å². The van der Waals surface area contributed by atoms with Crippen LogP contribution in [0.4, 0.5) is 0 Å². The van der Waals surface area contributed by atoms with E-state index in [1.54, 1.807) is 6.33 Å². The standard InChI is InChI=1S/C7H6N2.H2S/c1-2-4-7-6(3-1)8-5-9-7;/h1-5H,(H,8,9);1H2. The summed E-state index contributed by atoms with van der Waals surface area (Å²) in [6.07, 6.45) is 1.70. The summed E-state index contributed by atoms with van der Waals surface area (Å²) in [6, 6.07) is 7.94. The van der Waals surface area contributed by atoms with E-state index in [4.69, 9.17) is 0 Å². The number of para-hydroxylation sites is 2. The number of imidazole rings is 1. The largest absolute Gasteiger partial charge is 0.345 e. The topological polar surface area (TPSA) is 28.7 Å². The highest BCUT2D eigenvalue weighted by atomic mass is 32.1. The molecule has 0 saturated heterocycles. The molecule has 1 N–H and O–H groups in total. The summed E-state index contributed by atoms with van der Waals surface area (Å²) < 4.78 is 0. The summed E-state index contributed by atoms with van der Waals surface area (Å²) in [5.41, 5.74) is 2.12. The van der Waals surface area contributed by atoms with Crippen molar-refractivity contribution in [3.63, 3.8) is 0 Å². The van der Waals surface area contributed by atoms with Crippen LogP contribution in [0.15, 0.2) is 30.6 Å². The predicted octanol–water partition coefficient (Wildman–Crippen LogP) is 1.68. The van der Waals surface area contributed by atoms with Crippen LogP contribution in [0.2, 0.25) is 0 Å². The van der Waals surface area contributed by atoms with Crippen molar-refractivity contribution >= 4 is 24.5 Å². The first kappa shape index (κ1) is 7.15. The summed E-state index contributed by atoms with van der Waals surface area (Å²) in [5.74, 6) is 0. The zero-order chi connectivity index (χ0) is 6.10. The average molecular weight is 152 g/mol. The van der Waals surface area contributed by atoms with Crippen LogP contribution in [-0.4, -0.2) is 9.97 Å². The van der Waals surface area contributed by atoms with Gasteiger partial charge in [-0.3, -0.25) is 0 Å². The third-order valence-electron chi connectivity index (χ3n) is 1.33. The summed E-state index contributed by atoms with van der Waals surface area (Å²) in [4.78, 5) is 7.07. The maximum atomic E-state index is 4.06. The number of H-pyrrole nitrogens is 1. The second-order valence-electron chi connectivity index (χ2n) is 1.92. The van der Waals surface area contributed by atoms with E-state index < -0.39 is 0 Å². The molecular weight excluding hydrogens is 144 g/mol. The van der Waals surface area contributed by atoms with Crippen molar-refractivity contribution in [3.05, 3.63) is 30.6 Å². The van der Waals surface area contributed by atoms with Gasteiger partial charge in [0.25, 0.3) is 0 Å². The molecule has 0 spiro atoms. The fourth-order valence-electron chi connectivity index (χ4n) is 0.880. The molecule has 0 aliphatic rings. The molecule has 0 aliphatic carbocycles. The van der Waals surface area contributed by atoms with Gasteiger partial charge in [0.1, 0.15) is 0 Å². The van der Waals surface area contributed by atoms with Gasteiger partial charge in [0.2, 0.25) is 0 Å². The minimum absolute atomic E-state index is 0. The Hall–Kier alpha value is -0.960. The lowest BCUT2D eigenvalue weighted by Crippen LogP contribution is -1.63. The van der Waals surface area contributed by atoms with Crippen LogP contribution in [0, 0.1) is 0 Å². The molecule has 0 bridgehead atoms.